The highest BCUT2D eigenvalue weighted by Crippen LogP contribution is 2.43. The van der Waals surface area contributed by atoms with E-state index in [1.165, 1.54) is 17.5 Å². The van der Waals surface area contributed by atoms with Crippen LogP contribution in [0.2, 0.25) is 5.02 Å². The Morgan fingerprint density at radius 1 is 1.19 bits per heavy atom. The van der Waals surface area contributed by atoms with Gasteiger partial charge in [0.05, 0.1) is 5.02 Å². The first-order valence-electron chi connectivity index (χ1n) is 11.1. The molecule has 0 radical (unpaired) electrons. The highest BCUT2D eigenvalue weighted by molar-refractivity contribution is 6.32. The molecule has 0 saturated carbocycles. The molecule has 2 aromatic rings. The number of nitrogens with zero attached hydrogens (tertiary/aromatic N) is 1. The van der Waals surface area contributed by atoms with Gasteiger partial charge in [0, 0.05) is 53.9 Å². The Morgan fingerprint density at radius 2 is 1.97 bits per heavy atom. The van der Waals surface area contributed by atoms with Crippen LogP contribution in [0.25, 0.3) is 5.57 Å². The van der Waals surface area contributed by atoms with Crippen LogP contribution in [0.15, 0.2) is 42.6 Å². The molecule has 1 atom stereocenters. The largest absolute Gasteiger partial charge is 0.455 e. The number of hydrogen-bond acceptors (Lipinski definition) is 5. The lowest BCUT2D eigenvalue weighted by Crippen LogP contribution is -2.37. The molecule has 2 aliphatic rings. The third-order valence-corrected chi connectivity index (χ3v) is 6.73. The van der Waals surface area contributed by atoms with Crippen LogP contribution in [0.4, 0.5) is 5.69 Å². The summed E-state index contributed by atoms with van der Waals surface area (Å²) in [5, 5.41) is 15.6. The summed E-state index contributed by atoms with van der Waals surface area (Å²) in [7, 11) is 2.13. The number of halogens is 1. The maximum atomic E-state index is 8.11. The van der Waals surface area contributed by atoms with Crippen LogP contribution in [0, 0.1) is 5.41 Å². The van der Waals surface area contributed by atoms with Crippen LogP contribution in [0.5, 0.6) is 11.5 Å². The van der Waals surface area contributed by atoms with Crippen LogP contribution in [-0.4, -0.2) is 38.4 Å². The van der Waals surface area contributed by atoms with Crippen LogP contribution in [-0.2, 0) is 6.42 Å². The van der Waals surface area contributed by atoms with Gasteiger partial charge >= 0.3 is 0 Å². The fraction of sp³-hybridized carbons (Fsp3) is 0.400. The first-order valence-corrected chi connectivity index (χ1v) is 11.4. The van der Waals surface area contributed by atoms with E-state index in [-0.39, 0.29) is 0 Å². The fourth-order valence-electron chi connectivity index (χ4n) is 4.35. The Morgan fingerprint density at radius 3 is 2.71 bits per heavy atom. The van der Waals surface area contributed by atoms with Gasteiger partial charge in [-0.05, 0) is 70.0 Å². The third kappa shape index (κ3) is 4.73. The molecule has 1 unspecified atom stereocenters. The fourth-order valence-corrected chi connectivity index (χ4v) is 4.52. The number of nitrogens with one attached hydrogen (secondary N) is 3. The number of allylic oxidation sites excluding steroid dienone is 1. The average Bonchev–Trinajstić information content (AvgIpc) is 2.79. The van der Waals surface area contributed by atoms with Crippen molar-refractivity contribution in [1.29, 1.82) is 5.41 Å². The average molecular weight is 439 g/mol. The number of piperidine rings is 1. The van der Waals surface area contributed by atoms with Crippen molar-refractivity contribution in [3.05, 3.63) is 58.7 Å². The van der Waals surface area contributed by atoms with Crippen LogP contribution < -0.4 is 20.3 Å². The zero-order valence-electron chi connectivity index (χ0n) is 18.2. The summed E-state index contributed by atoms with van der Waals surface area (Å²) in [5.74, 6) is 1.43. The number of benzene rings is 2. The van der Waals surface area contributed by atoms with Gasteiger partial charge in [-0.15, -0.1) is 0 Å². The van der Waals surface area contributed by atoms with Gasteiger partial charge in [-0.25, -0.2) is 0 Å². The molecule has 0 aliphatic carbocycles. The van der Waals surface area contributed by atoms with E-state index in [1.807, 2.05) is 30.5 Å². The van der Waals surface area contributed by atoms with E-state index in [1.54, 1.807) is 0 Å². The molecule has 5 nitrogen and oxygen atoms in total. The Labute approximate surface area is 189 Å². The molecule has 1 fully saturated rings. The standard InChI is InChI=1S/C25H31ClN4O/c1-17-7-8-21-23(30(17)2)10-9-20(25(21)31-24-6-4-3-5-22(24)26)18(15-27)16-29-19-11-13-28-14-12-19/h3-6,9-10,15-17,19,27-29H,7-8,11-14H2,1-2H3/b18-16+,27-15?. The number of fused-ring (bicyclic) bond motifs is 1. The molecule has 0 bridgehead atoms. The molecule has 4 rings (SSSR count). The normalized spacial score (nSPS) is 19.6. The van der Waals surface area contributed by atoms with Crippen molar-refractivity contribution in [2.45, 2.75) is 44.7 Å². The quantitative estimate of drug-likeness (QED) is 0.540. The molecule has 3 N–H and O–H groups in total. The van der Waals surface area contributed by atoms with E-state index in [0.717, 1.165) is 55.7 Å². The van der Waals surface area contributed by atoms with Gasteiger partial charge in [0.1, 0.15) is 11.5 Å². The molecule has 2 aliphatic heterocycles. The van der Waals surface area contributed by atoms with Gasteiger partial charge in [0.15, 0.2) is 0 Å². The first-order chi connectivity index (χ1) is 15.1. The lowest BCUT2D eigenvalue weighted by molar-refractivity contribution is 0.420. The van der Waals surface area contributed by atoms with Crippen molar-refractivity contribution in [3.8, 4) is 11.5 Å². The zero-order valence-corrected chi connectivity index (χ0v) is 19.0. The molecule has 6 heteroatoms. The minimum Gasteiger partial charge on any atom is -0.455 e. The van der Waals surface area contributed by atoms with Gasteiger partial charge < -0.3 is 25.7 Å². The van der Waals surface area contributed by atoms with E-state index >= 15 is 0 Å². The Hall–Kier alpha value is -2.50. The number of rotatable bonds is 6. The number of anilines is 1. The maximum Gasteiger partial charge on any atom is 0.146 e. The molecule has 0 spiro atoms. The molecule has 164 valence electrons. The molecular formula is C25H31ClN4O. The molecule has 0 aromatic heterocycles. The number of ether oxygens (including phenoxy) is 1. The minimum atomic E-state index is 0.425. The van der Waals surface area contributed by atoms with Crippen LogP contribution in [0.1, 0.15) is 37.3 Å². The zero-order chi connectivity index (χ0) is 21.8. The van der Waals surface area contributed by atoms with Crippen LogP contribution in [0.3, 0.4) is 0 Å². The van der Waals surface area contributed by atoms with Gasteiger partial charge in [-0.2, -0.15) is 0 Å². The highest BCUT2D eigenvalue weighted by Gasteiger charge is 2.26. The van der Waals surface area contributed by atoms with E-state index < -0.39 is 0 Å². The summed E-state index contributed by atoms with van der Waals surface area (Å²) in [4.78, 5) is 2.31. The smallest absolute Gasteiger partial charge is 0.146 e. The molecule has 1 saturated heterocycles. The topological polar surface area (TPSA) is 60.4 Å². The van der Waals surface area contributed by atoms with Crippen molar-refractivity contribution < 1.29 is 4.74 Å². The summed E-state index contributed by atoms with van der Waals surface area (Å²) >= 11 is 6.42. The monoisotopic (exact) mass is 438 g/mol. The van der Waals surface area contributed by atoms with E-state index in [0.29, 0.717) is 22.9 Å². The molecule has 2 heterocycles. The van der Waals surface area contributed by atoms with E-state index in [2.05, 4.69) is 41.6 Å². The highest BCUT2D eigenvalue weighted by atomic mass is 35.5. The molecular weight excluding hydrogens is 408 g/mol. The van der Waals surface area contributed by atoms with Crippen molar-refractivity contribution in [2.24, 2.45) is 0 Å². The van der Waals surface area contributed by atoms with Gasteiger partial charge in [0.25, 0.3) is 0 Å². The van der Waals surface area contributed by atoms with Crippen LogP contribution >= 0.6 is 11.6 Å². The number of para-hydroxylation sites is 1. The van der Waals surface area contributed by atoms with Crippen molar-refractivity contribution in [2.75, 3.05) is 25.0 Å². The summed E-state index contributed by atoms with van der Waals surface area (Å²) < 4.78 is 6.46. The SMILES string of the molecule is CC1CCc2c(ccc(/C(C=N)=C/NC3CCNCC3)c2Oc2ccccc2Cl)N1C. The first kappa shape index (κ1) is 21.7. The lowest BCUT2D eigenvalue weighted by atomic mass is 9.92. The van der Waals surface area contributed by atoms with E-state index in [9.17, 15) is 0 Å². The lowest BCUT2D eigenvalue weighted by Gasteiger charge is -2.35. The Kier molecular flexibility index (Phi) is 6.83. The van der Waals surface area contributed by atoms with E-state index in [4.69, 9.17) is 21.7 Å². The summed E-state index contributed by atoms with van der Waals surface area (Å²) in [6.07, 6.45) is 7.53. The minimum absolute atomic E-state index is 0.425. The van der Waals surface area contributed by atoms with Gasteiger partial charge in [0.2, 0.25) is 0 Å². The number of hydrogen-bond donors (Lipinski definition) is 3. The summed E-state index contributed by atoms with van der Waals surface area (Å²) in [6.45, 7) is 4.29. The second kappa shape index (κ2) is 9.75. The predicted molar refractivity (Wildman–Crippen MR) is 130 cm³/mol. The summed E-state index contributed by atoms with van der Waals surface area (Å²) in [6, 6.07) is 12.7. The second-order valence-corrected chi connectivity index (χ2v) is 8.81. The maximum absolute atomic E-state index is 8.11. The van der Waals surface area contributed by atoms with Gasteiger partial charge in [-0.1, -0.05) is 23.7 Å². The van der Waals surface area contributed by atoms with Crippen molar-refractivity contribution in [3.63, 3.8) is 0 Å². The predicted octanol–water partition coefficient (Wildman–Crippen LogP) is 5.24. The Balaban J connectivity index is 1.75. The molecule has 0 amide bonds. The third-order valence-electron chi connectivity index (χ3n) is 6.42. The Bertz CT molecular complexity index is 968. The molecule has 31 heavy (non-hydrogen) atoms. The second-order valence-electron chi connectivity index (χ2n) is 8.41. The van der Waals surface area contributed by atoms with Crippen molar-refractivity contribution >= 4 is 29.1 Å². The summed E-state index contributed by atoms with van der Waals surface area (Å²) in [5.41, 5.74) is 4.08. The van der Waals surface area contributed by atoms with Gasteiger partial charge in [-0.3, -0.25) is 0 Å². The van der Waals surface area contributed by atoms with Crippen molar-refractivity contribution in [1.82, 2.24) is 10.6 Å². The molecule has 2 aromatic carbocycles.